The summed E-state index contributed by atoms with van der Waals surface area (Å²) >= 11 is 0. The molecule has 0 saturated carbocycles. The lowest BCUT2D eigenvalue weighted by atomic mass is 9.85. The first-order valence-corrected chi connectivity index (χ1v) is 3.68. The zero-order valence-corrected chi connectivity index (χ0v) is 7.18. The van der Waals surface area contributed by atoms with Gasteiger partial charge in [0.1, 0.15) is 5.84 Å². The van der Waals surface area contributed by atoms with E-state index in [2.05, 4.69) is 26.1 Å². The zero-order chi connectivity index (χ0) is 8.48. The van der Waals surface area contributed by atoms with E-state index in [1.54, 1.807) is 12.3 Å². The van der Waals surface area contributed by atoms with E-state index in [0.717, 1.165) is 5.57 Å². The second-order valence-electron chi connectivity index (χ2n) is 3.68. The molecule has 1 radical (unpaired) electrons. The number of amidine groups is 1. The van der Waals surface area contributed by atoms with Gasteiger partial charge in [-0.05, 0) is 23.1 Å². The SMILES string of the molecule is CC(C)(C)C1=CC(=N)[N]C=C1. The molecule has 11 heavy (non-hydrogen) atoms. The summed E-state index contributed by atoms with van der Waals surface area (Å²) in [5.74, 6) is 0.345. The maximum absolute atomic E-state index is 7.30. The minimum atomic E-state index is 0.124. The minimum Gasteiger partial charge on any atom is -0.283 e. The summed E-state index contributed by atoms with van der Waals surface area (Å²) in [7, 11) is 0. The Morgan fingerprint density at radius 2 is 2.00 bits per heavy atom. The van der Waals surface area contributed by atoms with Crippen LogP contribution in [0.1, 0.15) is 20.8 Å². The molecule has 0 fully saturated rings. The van der Waals surface area contributed by atoms with Crippen LogP contribution in [0.15, 0.2) is 23.9 Å². The molecule has 1 aliphatic heterocycles. The van der Waals surface area contributed by atoms with Gasteiger partial charge < -0.3 is 0 Å². The number of allylic oxidation sites excluding steroid dienone is 2. The number of nitrogens with one attached hydrogen (secondary N) is 1. The average molecular weight is 149 g/mol. The number of nitrogens with zero attached hydrogens (tertiary/aromatic N) is 1. The molecule has 1 N–H and O–H groups in total. The van der Waals surface area contributed by atoms with Crippen molar-refractivity contribution in [2.75, 3.05) is 0 Å². The smallest absolute Gasteiger partial charge is 0.144 e. The maximum Gasteiger partial charge on any atom is 0.144 e. The highest BCUT2D eigenvalue weighted by atomic mass is 14.9. The van der Waals surface area contributed by atoms with E-state index in [1.807, 2.05) is 6.08 Å². The van der Waals surface area contributed by atoms with E-state index in [4.69, 9.17) is 5.41 Å². The first-order valence-electron chi connectivity index (χ1n) is 3.68. The van der Waals surface area contributed by atoms with Gasteiger partial charge in [0, 0.05) is 6.20 Å². The van der Waals surface area contributed by atoms with Crippen LogP contribution in [-0.2, 0) is 0 Å². The Morgan fingerprint density at radius 3 is 2.36 bits per heavy atom. The lowest BCUT2D eigenvalue weighted by molar-refractivity contribution is 0.516. The summed E-state index contributed by atoms with van der Waals surface area (Å²) in [6, 6.07) is 0. The van der Waals surface area contributed by atoms with Gasteiger partial charge in [-0.2, -0.15) is 0 Å². The van der Waals surface area contributed by atoms with Gasteiger partial charge in [-0.3, -0.25) is 5.41 Å². The van der Waals surface area contributed by atoms with Crippen LogP contribution in [0.5, 0.6) is 0 Å². The molecule has 0 aliphatic carbocycles. The van der Waals surface area contributed by atoms with Crippen LogP contribution in [-0.4, -0.2) is 5.84 Å². The van der Waals surface area contributed by atoms with Crippen molar-refractivity contribution in [3.8, 4) is 0 Å². The van der Waals surface area contributed by atoms with Crippen molar-refractivity contribution in [2.45, 2.75) is 20.8 Å². The minimum absolute atomic E-state index is 0.124. The summed E-state index contributed by atoms with van der Waals surface area (Å²) < 4.78 is 0. The van der Waals surface area contributed by atoms with E-state index < -0.39 is 0 Å². The topological polar surface area (TPSA) is 38.0 Å². The number of hydrogen-bond donors (Lipinski definition) is 1. The molecule has 0 atom stereocenters. The normalized spacial score (nSPS) is 17.7. The third kappa shape index (κ3) is 1.93. The van der Waals surface area contributed by atoms with E-state index in [-0.39, 0.29) is 5.41 Å². The van der Waals surface area contributed by atoms with Crippen molar-refractivity contribution in [3.05, 3.63) is 23.9 Å². The fourth-order valence-electron chi connectivity index (χ4n) is 0.897. The highest BCUT2D eigenvalue weighted by molar-refractivity contribution is 5.93. The third-order valence-electron chi connectivity index (χ3n) is 1.63. The molecule has 2 nitrogen and oxygen atoms in total. The van der Waals surface area contributed by atoms with Crippen LogP contribution in [0.2, 0.25) is 0 Å². The Labute approximate surface area is 67.5 Å². The molecule has 2 heteroatoms. The molecular weight excluding hydrogens is 136 g/mol. The molecule has 1 aliphatic rings. The van der Waals surface area contributed by atoms with Gasteiger partial charge in [0.05, 0.1) is 0 Å². The van der Waals surface area contributed by atoms with Gasteiger partial charge in [0.15, 0.2) is 0 Å². The van der Waals surface area contributed by atoms with Crippen LogP contribution < -0.4 is 5.32 Å². The van der Waals surface area contributed by atoms with Crippen molar-refractivity contribution in [3.63, 3.8) is 0 Å². The Kier molecular flexibility index (Phi) is 1.85. The second kappa shape index (κ2) is 2.53. The highest BCUT2D eigenvalue weighted by Crippen LogP contribution is 2.26. The van der Waals surface area contributed by atoms with Crippen LogP contribution in [0.3, 0.4) is 0 Å². The summed E-state index contributed by atoms with van der Waals surface area (Å²) in [6.45, 7) is 6.38. The molecule has 1 rings (SSSR count). The van der Waals surface area contributed by atoms with Gasteiger partial charge >= 0.3 is 0 Å². The van der Waals surface area contributed by atoms with Crippen molar-refractivity contribution in [1.29, 1.82) is 5.41 Å². The predicted molar refractivity (Wildman–Crippen MR) is 46.5 cm³/mol. The summed E-state index contributed by atoms with van der Waals surface area (Å²) in [4.78, 5) is 0. The van der Waals surface area contributed by atoms with Crippen LogP contribution >= 0.6 is 0 Å². The van der Waals surface area contributed by atoms with Crippen molar-refractivity contribution < 1.29 is 0 Å². The first-order chi connectivity index (χ1) is 5.00. The Morgan fingerprint density at radius 1 is 1.36 bits per heavy atom. The van der Waals surface area contributed by atoms with Gasteiger partial charge in [-0.1, -0.05) is 20.8 Å². The number of rotatable bonds is 0. The van der Waals surface area contributed by atoms with Crippen molar-refractivity contribution >= 4 is 5.84 Å². The molecule has 0 spiro atoms. The standard InChI is InChI=1S/C9H13N2/c1-9(2,3)7-4-5-11-8(10)6-7/h4-6,10H,1-3H3. The van der Waals surface area contributed by atoms with E-state index >= 15 is 0 Å². The highest BCUT2D eigenvalue weighted by Gasteiger charge is 2.16. The zero-order valence-electron chi connectivity index (χ0n) is 7.18. The lowest BCUT2D eigenvalue weighted by Crippen LogP contribution is -2.16. The summed E-state index contributed by atoms with van der Waals surface area (Å²) in [6.07, 6.45) is 5.45. The molecule has 0 bridgehead atoms. The van der Waals surface area contributed by atoms with Crippen LogP contribution in [0, 0.1) is 10.8 Å². The predicted octanol–water partition coefficient (Wildman–Crippen LogP) is 2.07. The van der Waals surface area contributed by atoms with Crippen molar-refractivity contribution in [2.24, 2.45) is 5.41 Å². The fourth-order valence-corrected chi connectivity index (χ4v) is 0.897. The molecule has 0 saturated heterocycles. The quantitative estimate of drug-likeness (QED) is 0.547. The van der Waals surface area contributed by atoms with Gasteiger partial charge in [0.2, 0.25) is 0 Å². The molecule has 1 heterocycles. The molecule has 0 aromatic rings. The van der Waals surface area contributed by atoms with Gasteiger partial charge in [-0.25, -0.2) is 5.32 Å². The molecule has 0 aromatic heterocycles. The summed E-state index contributed by atoms with van der Waals surface area (Å²) in [5, 5.41) is 11.1. The average Bonchev–Trinajstić information content (AvgIpc) is 1.86. The lowest BCUT2D eigenvalue weighted by Gasteiger charge is -2.21. The van der Waals surface area contributed by atoms with E-state index in [1.165, 1.54) is 0 Å². The Bertz CT molecular complexity index is 228. The van der Waals surface area contributed by atoms with Gasteiger partial charge in [0.25, 0.3) is 0 Å². The molecule has 0 aromatic carbocycles. The first kappa shape index (κ1) is 8.05. The van der Waals surface area contributed by atoms with Crippen LogP contribution in [0.25, 0.3) is 0 Å². The van der Waals surface area contributed by atoms with E-state index in [0.29, 0.717) is 5.84 Å². The van der Waals surface area contributed by atoms with Crippen molar-refractivity contribution in [1.82, 2.24) is 5.32 Å². The van der Waals surface area contributed by atoms with Gasteiger partial charge in [-0.15, -0.1) is 0 Å². The molecular formula is C9H13N2. The largest absolute Gasteiger partial charge is 0.283 e. The molecule has 0 amide bonds. The molecule has 59 valence electrons. The van der Waals surface area contributed by atoms with Crippen LogP contribution in [0.4, 0.5) is 0 Å². The van der Waals surface area contributed by atoms with E-state index in [9.17, 15) is 0 Å². The number of hydrogen-bond acceptors (Lipinski definition) is 1. The fraction of sp³-hybridized carbons (Fsp3) is 0.444. The maximum atomic E-state index is 7.30. The Balaban J connectivity index is 2.88. The third-order valence-corrected chi connectivity index (χ3v) is 1.63. The molecule has 0 unspecified atom stereocenters. The Hall–Kier alpha value is -1.05. The monoisotopic (exact) mass is 149 g/mol. The summed E-state index contributed by atoms with van der Waals surface area (Å²) in [5.41, 5.74) is 1.29. The second-order valence-corrected chi connectivity index (χ2v) is 3.68.